The topological polar surface area (TPSA) is 55.4 Å². The number of hydrogen-bond acceptors (Lipinski definition) is 3. The van der Waals surface area contributed by atoms with Crippen LogP contribution in [-0.2, 0) is 14.8 Å². The van der Waals surface area contributed by atoms with Crippen molar-refractivity contribution >= 4 is 26.0 Å². The number of methoxy groups -OCH3 is 1. The number of rotatable bonds is 6. The fraction of sp³-hybridized carbons (Fsp3) is 0.500. The van der Waals surface area contributed by atoms with E-state index in [0.717, 1.165) is 15.6 Å². The van der Waals surface area contributed by atoms with Crippen molar-refractivity contribution in [1.29, 1.82) is 0 Å². The molecule has 18 heavy (non-hydrogen) atoms. The van der Waals surface area contributed by atoms with E-state index in [1.807, 2.05) is 13.0 Å². The van der Waals surface area contributed by atoms with Gasteiger partial charge < -0.3 is 4.74 Å². The first-order valence-electron chi connectivity index (χ1n) is 5.64. The van der Waals surface area contributed by atoms with Gasteiger partial charge in [0.05, 0.1) is 4.90 Å². The van der Waals surface area contributed by atoms with Gasteiger partial charge in [0.25, 0.3) is 0 Å². The van der Waals surface area contributed by atoms with Crippen LogP contribution in [-0.4, -0.2) is 28.7 Å². The van der Waals surface area contributed by atoms with Gasteiger partial charge >= 0.3 is 0 Å². The molecule has 0 aliphatic carbocycles. The van der Waals surface area contributed by atoms with E-state index in [1.165, 1.54) is 0 Å². The van der Waals surface area contributed by atoms with Crippen LogP contribution in [0.25, 0.3) is 0 Å². The predicted molar refractivity (Wildman–Crippen MR) is 75.3 cm³/mol. The minimum atomic E-state index is -3.45. The molecule has 0 fully saturated rings. The Morgan fingerprint density at radius 3 is 2.56 bits per heavy atom. The molecule has 0 spiro atoms. The molecule has 6 heteroatoms. The Labute approximate surface area is 117 Å². The van der Waals surface area contributed by atoms with E-state index in [1.54, 1.807) is 20.1 Å². The number of sulfonamides is 1. The Bertz CT molecular complexity index is 514. The van der Waals surface area contributed by atoms with Crippen LogP contribution in [0.4, 0.5) is 0 Å². The van der Waals surface area contributed by atoms with Gasteiger partial charge in [-0.25, -0.2) is 13.1 Å². The van der Waals surface area contributed by atoms with Crippen molar-refractivity contribution < 1.29 is 13.2 Å². The minimum absolute atomic E-state index is 0.317. The van der Waals surface area contributed by atoms with Crippen LogP contribution < -0.4 is 4.72 Å². The summed E-state index contributed by atoms with van der Waals surface area (Å²) >= 11 is 3.35. The highest BCUT2D eigenvalue weighted by Crippen LogP contribution is 2.24. The number of ether oxygens (including phenoxy) is 1. The summed E-state index contributed by atoms with van der Waals surface area (Å²) in [5.74, 6) is 0. The van der Waals surface area contributed by atoms with Gasteiger partial charge in [0.15, 0.2) is 0 Å². The molecule has 0 aliphatic rings. The molecule has 0 radical (unpaired) electrons. The summed E-state index contributed by atoms with van der Waals surface area (Å²) in [6, 6.07) is 3.50. The second-order valence-corrected chi connectivity index (χ2v) is 6.70. The van der Waals surface area contributed by atoms with Crippen LogP contribution in [0.5, 0.6) is 0 Å². The summed E-state index contributed by atoms with van der Waals surface area (Å²) < 4.78 is 32.5. The van der Waals surface area contributed by atoms with Gasteiger partial charge in [-0.3, -0.25) is 0 Å². The lowest BCUT2D eigenvalue weighted by atomic mass is 10.2. The van der Waals surface area contributed by atoms with Crippen LogP contribution >= 0.6 is 15.9 Å². The molecule has 0 unspecified atom stereocenters. The molecule has 0 amide bonds. The summed E-state index contributed by atoms with van der Waals surface area (Å²) in [4.78, 5) is 0.317. The van der Waals surface area contributed by atoms with Gasteiger partial charge in [-0.2, -0.15) is 0 Å². The largest absolute Gasteiger partial charge is 0.385 e. The van der Waals surface area contributed by atoms with Crippen molar-refractivity contribution in [2.24, 2.45) is 0 Å². The van der Waals surface area contributed by atoms with Crippen LogP contribution in [0.3, 0.4) is 0 Å². The molecule has 0 heterocycles. The quantitative estimate of drug-likeness (QED) is 0.812. The Morgan fingerprint density at radius 2 is 1.94 bits per heavy atom. The Balaban J connectivity index is 2.88. The molecule has 1 rings (SSSR count). The maximum atomic E-state index is 12.1. The molecule has 1 N–H and O–H groups in total. The standard InChI is InChI=1S/C12H18BrNO3S/c1-9-7-10(2)12(8-11(9)13)18(15,16)14-5-4-6-17-3/h7-8,14H,4-6H2,1-3H3. The summed E-state index contributed by atoms with van der Waals surface area (Å²) in [6.07, 6.45) is 0.655. The molecule has 0 bridgehead atoms. The van der Waals surface area contributed by atoms with E-state index in [0.29, 0.717) is 24.5 Å². The summed E-state index contributed by atoms with van der Waals surface area (Å²) in [6.45, 7) is 4.64. The highest BCUT2D eigenvalue weighted by molar-refractivity contribution is 9.10. The number of halogens is 1. The zero-order valence-corrected chi connectivity index (χ0v) is 13.2. The van der Waals surface area contributed by atoms with Crippen molar-refractivity contribution in [3.05, 3.63) is 27.7 Å². The van der Waals surface area contributed by atoms with Crippen molar-refractivity contribution in [1.82, 2.24) is 4.72 Å². The lowest BCUT2D eigenvalue weighted by molar-refractivity contribution is 0.196. The number of nitrogens with one attached hydrogen (secondary N) is 1. The Hall–Kier alpha value is -0.430. The molecule has 0 aromatic heterocycles. The average Bonchev–Trinajstić information content (AvgIpc) is 2.29. The van der Waals surface area contributed by atoms with E-state index >= 15 is 0 Å². The molecule has 1 aromatic carbocycles. The first kappa shape index (κ1) is 15.6. The van der Waals surface area contributed by atoms with Gasteiger partial charge in [-0.15, -0.1) is 0 Å². The Morgan fingerprint density at radius 1 is 1.28 bits per heavy atom. The van der Waals surface area contributed by atoms with Crippen molar-refractivity contribution in [3.8, 4) is 0 Å². The van der Waals surface area contributed by atoms with E-state index in [4.69, 9.17) is 4.74 Å². The van der Waals surface area contributed by atoms with E-state index in [2.05, 4.69) is 20.7 Å². The van der Waals surface area contributed by atoms with E-state index in [-0.39, 0.29) is 0 Å². The number of benzene rings is 1. The first-order valence-corrected chi connectivity index (χ1v) is 7.91. The normalized spacial score (nSPS) is 11.8. The van der Waals surface area contributed by atoms with Gasteiger partial charge in [0, 0.05) is 24.7 Å². The first-order chi connectivity index (χ1) is 8.38. The maximum absolute atomic E-state index is 12.1. The Kier molecular flexibility index (Phi) is 5.78. The molecule has 4 nitrogen and oxygen atoms in total. The van der Waals surface area contributed by atoms with Crippen LogP contribution in [0.1, 0.15) is 17.5 Å². The van der Waals surface area contributed by atoms with Crippen LogP contribution in [0.2, 0.25) is 0 Å². The predicted octanol–water partition coefficient (Wildman–Crippen LogP) is 2.38. The third-order valence-corrected chi connectivity index (χ3v) is 5.02. The fourth-order valence-corrected chi connectivity index (χ4v) is 3.42. The molecule has 0 atom stereocenters. The molecular formula is C12H18BrNO3S. The summed E-state index contributed by atoms with van der Waals surface area (Å²) in [5.41, 5.74) is 1.76. The van der Waals surface area contributed by atoms with Crippen molar-refractivity contribution in [3.63, 3.8) is 0 Å². The zero-order chi connectivity index (χ0) is 13.8. The molecule has 0 saturated heterocycles. The minimum Gasteiger partial charge on any atom is -0.385 e. The molecular weight excluding hydrogens is 318 g/mol. The number of hydrogen-bond donors (Lipinski definition) is 1. The highest BCUT2D eigenvalue weighted by Gasteiger charge is 2.17. The molecule has 1 aromatic rings. The second-order valence-electron chi connectivity index (χ2n) is 4.11. The lowest BCUT2D eigenvalue weighted by Gasteiger charge is -2.11. The monoisotopic (exact) mass is 335 g/mol. The smallest absolute Gasteiger partial charge is 0.240 e. The highest BCUT2D eigenvalue weighted by atomic mass is 79.9. The lowest BCUT2D eigenvalue weighted by Crippen LogP contribution is -2.26. The molecule has 102 valence electrons. The summed E-state index contributed by atoms with van der Waals surface area (Å²) in [7, 11) is -1.85. The number of aryl methyl sites for hydroxylation is 2. The second kappa shape index (κ2) is 6.65. The van der Waals surface area contributed by atoms with Crippen LogP contribution in [0, 0.1) is 13.8 Å². The van der Waals surface area contributed by atoms with Crippen LogP contribution in [0.15, 0.2) is 21.5 Å². The van der Waals surface area contributed by atoms with Gasteiger partial charge in [-0.1, -0.05) is 22.0 Å². The van der Waals surface area contributed by atoms with E-state index < -0.39 is 10.0 Å². The van der Waals surface area contributed by atoms with Gasteiger partial charge in [0.2, 0.25) is 10.0 Å². The molecule has 0 aliphatic heterocycles. The molecule has 0 saturated carbocycles. The average molecular weight is 336 g/mol. The fourth-order valence-electron chi connectivity index (χ4n) is 1.60. The third kappa shape index (κ3) is 4.05. The third-order valence-electron chi connectivity index (χ3n) is 2.56. The van der Waals surface area contributed by atoms with Gasteiger partial charge in [0.1, 0.15) is 0 Å². The SMILES string of the molecule is COCCCNS(=O)(=O)c1cc(Br)c(C)cc1C. The van der Waals surface area contributed by atoms with Crippen molar-refractivity contribution in [2.75, 3.05) is 20.3 Å². The van der Waals surface area contributed by atoms with Crippen molar-refractivity contribution in [2.45, 2.75) is 25.2 Å². The zero-order valence-electron chi connectivity index (χ0n) is 10.8. The summed E-state index contributed by atoms with van der Waals surface area (Å²) in [5, 5.41) is 0. The maximum Gasteiger partial charge on any atom is 0.240 e. The van der Waals surface area contributed by atoms with E-state index in [9.17, 15) is 8.42 Å². The van der Waals surface area contributed by atoms with Gasteiger partial charge in [-0.05, 0) is 37.5 Å².